The van der Waals surface area contributed by atoms with Crippen LogP contribution in [-0.2, 0) is 9.53 Å². The predicted octanol–water partition coefficient (Wildman–Crippen LogP) is 1.61. The molecule has 3 saturated carbocycles. The number of rotatable bonds is 3. The van der Waals surface area contributed by atoms with Gasteiger partial charge in [0.2, 0.25) is 0 Å². The summed E-state index contributed by atoms with van der Waals surface area (Å²) < 4.78 is 34.1. The van der Waals surface area contributed by atoms with Crippen LogP contribution in [0.15, 0.2) is 0 Å². The first-order valence-electron chi connectivity index (χ1n) is 7.94. The second-order valence-corrected chi connectivity index (χ2v) is 7.24. The fourth-order valence-electron chi connectivity index (χ4n) is 4.72. The maximum atomic E-state index is 14.2. The zero-order valence-electron chi connectivity index (χ0n) is 11.9. The minimum absolute atomic E-state index is 0.00159. The molecule has 3 atom stereocenters. The van der Waals surface area contributed by atoms with Gasteiger partial charge in [-0.05, 0) is 38.5 Å². The predicted molar refractivity (Wildman–Crippen MR) is 69.8 cm³/mol. The Balaban J connectivity index is 1.49. The Kier molecular flexibility index (Phi) is 2.75. The molecule has 0 aromatic rings. The molecule has 1 spiro atoms. The molecule has 118 valence electrons. The third-order valence-corrected chi connectivity index (χ3v) is 6.37. The van der Waals surface area contributed by atoms with E-state index in [9.17, 15) is 18.7 Å². The van der Waals surface area contributed by atoms with E-state index in [4.69, 9.17) is 4.74 Å². The molecular formula is C15H21F2NO3. The van der Waals surface area contributed by atoms with E-state index in [0.29, 0.717) is 13.0 Å². The zero-order chi connectivity index (χ0) is 14.9. The summed E-state index contributed by atoms with van der Waals surface area (Å²) in [6.45, 7) is 0.657. The van der Waals surface area contributed by atoms with E-state index >= 15 is 0 Å². The molecule has 3 aliphatic carbocycles. The van der Waals surface area contributed by atoms with Gasteiger partial charge in [0.1, 0.15) is 5.60 Å². The molecule has 21 heavy (non-hydrogen) atoms. The van der Waals surface area contributed by atoms with Crippen molar-refractivity contribution >= 4 is 5.91 Å². The van der Waals surface area contributed by atoms with Gasteiger partial charge in [0.25, 0.3) is 5.91 Å². The van der Waals surface area contributed by atoms with Gasteiger partial charge in [-0.1, -0.05) is 6.42 Å². The summed E-state index contributed by atoms with van der Waals surface area (Å²) in [6.07, 6.45) is 4.45. The van der Waals surface area contributed by atoms with E-state index < -0.39 is 17.4 Å². The molecule has 1 saturated heterocycles. The lowest BCUT2D eigenvalue weighted by Gasteiger charge is -2.63. The van der Waals surface area contributed by atoms with Gasteiger partial charge >= 0.3 is 5.92 Å². The molecule has 2 N–H and O–H groups in total. The Morgan fingerprint density at radius 3 is 2.43 bits per heavy atom. The molecule has 0 aromatic heterocycles. The summed E-state index contributed by atoms with van der Waals surface area (Å²) in [5.41, 5.74) is -2.26. The third-order valence-electron chi connectivity index (χ3n) is 6.37. The molecule has 0 radical (unpaired) electrons. The van der Waals surface area contributed by atoms with Gasteiger partial charge in [-0.25, -0.2) is 0 Å². The molecule has 4 fully saturated rings. The standard InChI is InChI=1S/C15H21F2NO3/c16-15(17,14(20)6-2-7-14)12(19)18-10-9-3-8-21-11(9)13(10)4-1-5-13/h9-11,20H,1-8H2,(H,18,19). The highest BCUT2D eigenvalue weighted by Crippen LogP contribution is 2.63. The maximum absolute atomic E-state index is 14.2. The third kappa shape index (κ3) is 1.58. The van der Waals surface area contributed by atoms with Crippen LogP contribution in [0, 0.1) is 11.3 Å². The lowest BCUT2D eigenvalue weighted by atomic mass is 9.46. The van der Waals surface area contributed by atoms with Crippen LogP contribution in [0.4, 0.5) is 8.78 Å². The van der Waals surface area contributed by atoms with E-state index in [1.807, 2.05) is 0 Å². The van der Waals surface area contributed by atoms with Crippen molar-refractivity contribution in [2.75, 3.05) is 6.61 Å². The van der Waals surface area contributed by atoms with Crippen LogP contribution in [0.1, 0.15) is 44.9 Å². The highest BCUT2D eigenvalue weighted by Gasteiger charge is 2.69. The summed E-state index contributed by atoms with van der Waals surface area (Å²) in [6, 6.07) is -0.208. The monoisotopic (exact) mass is 301 g/mol. The maximum Gasteiger partial charge on any atom is 0.352 e. The van der Waals surface area contributed by atoms with Gasteiger partial charge in [0.15, 0.2) is 0 Å². The minimum Gasteiger partial charge on any atom is -0.383 e. The second-order valence-electron chi connectivity index (χ2n) is 7.24. The van der Waals surface area contributed by atoms with Crippen molar-refractivity contribution in [3.63, 3.8) is 0 Å². The Bertz CT molecular complexity index is 474. The number of halogens is 2. The van der Waals surface area contributed by atoms with Crippen molar-refractivity contribution < 1.29 is 23.4 Å². The van der Waals surface area contributed by atoms with Crippen LogP contribution in [0.5, 0.6) is 0 Å². The summed E-state index contributed by atoms with van der Waals surface area (Å²) in [5.74, 6) is -4.83. The van der Waals surface area contributed by atoms with Crippen molar-refractivity contribution in [3.8, 4) is 0 Å². The normalized spacial score (nSPS) is 38.9. The van der Waals surface area contributed by atoms with E-state index in [1.54, 1.807) is 0 Å². The fraction of sp³-hybridized carbons (Fsp3) is 0.933. The smallest absolute Gasteiger partial charge is 0.352 e. The Labute approximate surface area is 122 Å². The summed E-state index contributed by atoms with van der Waals surface area (Å²) >= 11 is 0. The highest BCUT2D eigenvalue weighted by molar-refractivity contribution is 5.85. The van der Waals surface area contributed by atoms with Crippen LogP contribution in [-0.4, -0.2) is 41.3 Å². The Hall–Kier alpha value is -0.750. The van der Waals surface area contributed by atoms with E-state index in [2.05, 4.69) is 5.32 Å². The number of hydrogen-bond donors (Lipinski definition) is 2. The number of carbonyl (C=O) groups excluding carboxylic acids is 1. The Morgan fingerprint density at radius 1 is 1.24 bits per heavy atom. The molecule has 0 aromatic carbocycles. The molecule has 0 bridgehead atoms. The Morgan fingerprint density at radius 2 is 1.90 bits per heavy atom. The average molecular weight is 301 g/mol. The van der Waals surface area contributed by atoms with Crippen LogP contribution in [0.2, 0.25) is 0 Å². The number of ether oxygens (including phenoxy) is 1. The van der Waals surface area contributed by atoms with Gasteiger partial charge < -0.3 is 15.2 Å². The minimum atomic E-state index is -3.69. The van der Waals surface area contributed by atoms with Crippen LogP contribution < -0.4 is 5.32 Å². The average Bonchev–Trinajstić information content (AvgIpc) is 2.75. The first-order chi connectivity index (χ1) is 9.91. The quantitative estimate of drug-likeness (QED) is 0.832. The van der Waals surface area contributed by atoms with Crippen LogP contribution >= 0.6 is 0 Å². The van der Waals surface area contributed by atoms with Gasteiger partial charge in [-0.3, -0.25) is 4.79 Å². The number of amides is 1. The largest absolute Gasteiger partial charge is 0.383 e. The van der Waals surface area contributed by atoms with Gasteiger partial charge in [0.05, 0.1) is 6.10 Å². The van der Waals surface area contributed by atoms with E-state index in [0.717, 1.165) is 25.7 Å². The molecule has 1 amide bonds. The number of hydrogen-bond acceptors (Lipinski definition) is 3. The summed E-state index contributed by atoms with van der Waals surface area (Å²) in [7, 11) is 0. The molecule has 4 aliphatic rings. The first kappa shape index (κ1) is 13.9. The molecular weight excluding hydrogens is 280 g/mol. The van der Waals surface area contributed by atoms with Gasteiger partial charge in [-0.15, -0.1) is 0 Å². The van der Waals surface area contributed by atoms with E-state index in [-0.39, 0.29) is 36.3 Å². The molecule has 6 heteroatoms. The number of fused-ring (bicyclic) bond motifs is 2. The molecule has 1 heterocycles. The topological polar surface area (TPSA) is 58.6 Å². The first-order valence-corrected chi connectivity index (χ1v) is 7.94. The number of carbonyl (C=O) groups is 1. The number of nitrogens with one attached hydrogen (secondary N) is 1. The van der Waals surface area contributed by atoms with Gasteiger partial charge in [-0.2, -0.15) is 8.78 Å². The molecule has 3 unspecified atom stereocenters. The molecule has 4 rings (SSSR count). The summed E-state index contributed by atoms with van der Waals surface area (Å²) in [5, 5.41) is 12.4. The van der Waals surface area contributed by atoms with Crippen LogP contribution in [0.25, 0.3) is 0 Å². The number of aliphatic hydroxyl groups is 1. The second kappa shape index (κ2) is 4.16. The fourth-order valence-corrected chi connectivity index (χ4v) is 4.72. The van der Waals surface area contributed by atoms with Gasteiger partial charge in [0, 0.05) is 24.0 Å². The SMILES string of the molecule is O=C(NC1C2CCOC2C12CCC2)C(F)(F)C1(O)CCC1. The van der Waals surface area contributed by atoms with Crippen molar-refractivity contribution in [3.05, 3.63) is 0 Å². The van der Waals surface area contributed by atoms with Crippen molar-refractivity contribution in [1.29, 1.82) is 0 Å². The lowest BCUT2D eigenvalue weighted by molar-refractivity contribution is -0.223. The lowest BCUT2D eigenvalue weighted by Crippen LogP contribution is -2.74. The van der Waals surface area contributed by atoms with Crippen LogP contribution in [0.3, 0.4) is 0 Å². The summed E-state index contributed by atoms with van der Waals surface area (Å²) in [4.78, 5) is 12.1. The highest BCUT2D eigenvalue weighted by atomic mass is 19.3. The van der Waals surface area contributed by atoms with Crippen molar-refractivity contribution in [1.82, 2.24) is 5.32 Å². The zero-order valence-corrected chi connectivity index (χ0v) is 11.9. The van der Waals surface area contributed by atoms with Crippen molar-refractivity contribution in [2.24, 2.45) is 11.3 Å². The molecule has 1 aliphatic heterocycles. The molecule has 4 nitrogen and oxygen atoms in total. The van der Waals surface area contributed by atoms with E-state index in [1.165, 1.54) is 0 Å². The number of alkyl halides is 2. The van der Waals surface area contributed by atoms with Crippen molar-refractivity contribution in [2.45, 2.75) is 68.6 Å².